The molecule has 14 heavy (non-hydrogen) atoms. The normalized spacial score (nSPS) is 10.4. The molecule has 76 valence electrons. The van der Waals surface area contributed by atoms with Gasteiger partial charge in [-0.05, 0) is 17.6 Å². The predicted octanol–water partition coefficient (Wildman–Crippen LogP) is 0.702. The average Bonchev–Trinajstić information content (AvgIpc) is 2.56. The van der Waals surface area contributed by atoms with Crippen LogP contribution in [0.15, 0.2) is 6.26 Å². The van der Waals surface area contributed by atoms with Crippen LogP contribution in [-0.4, -0.2) is 24.4 Å². The molecule has 1 aromatic rings. The summed E-state index contributed by atoms with van der Waals surface area (Å²) in [6, 6.07) is 0. The van der Waals surface area contributed by atoms with E-state index in [-0.39, 0.29) is 5.91 Å². The standard InChI is InChI=1S/C8H11N3O2S/c1-10-8(12)6-5(3-4-13-2)7(9)11-14-6/h3-4H,1-2H3,(H2,9,11)(H,10,12)/b4-3-. The molecule has 0 saturated heterocycles. The van der Waals surface area contributed by atoms with Gasteiger partial charge in [-0.25, -0.2) is 0 Å². The first-order chi connectivity index (χ1) is 6.70. The highest BCUT2D eigenvalue weighted by molar-refractivity contribution is 7.08. The van der Waals surface area contributed by atoms with Crippen LogP contribution in [0.1, 0.15) is 15.2 Å². The second-order valence-corrected chi connectivity index (χ2v) is 3.20. The smallest absolute Gasteiger partial charge is 0.263 e. The molecule has 0 radical (unpaired) electrons. The molecule has 0 fully saturated rings. The highest BCUT2D eigenvalue weighted by Crippen LogP contribution is 2.22. The number of rotatable bonds is 3. The third-order valence-electron chi connectivity index (χ3n) is 1.56. The van der Waals surface area contributed by atoms with Gasteiger partial charge in [-0.1, -0.05) is 0 Å². The summed E-state index contributed by atoms with van der Waals surface area (Å²) in [5.74, 6) is 0.136. The van der Waals surface area contributed by atoms with Gasteiger partial charge in [0, 0.05) is 12.6 Å². The Morgan fingerprint density at radius 3 is 3.00 bits per heavy atom. The third-order valence-corrected chi connectivity index (χ3v) is 2.44. The van der Waals surface area contributed by atoms with Gasteiger partial charge in [-0.15, -0.1) is 0 Å². The predicted molar refractivity (Wildman–Crippen MR) is 56.0 cm³/mol. The zero-order valence-electron chi connectivity index (χ0n) is 7.90. The Labute approximate surface area is 85.7 Å². The molecule has 0 saturated carbocycles. The lowest BCUT2D eigenvalue weighted by molar-refractivity contribution is 0.0967. The molecule has 0 aliphatic carbocycles. The summed E-state index contributed by atoms with van der Waals surface area (Å²) in [4.78, 5) is 11.8. The van der Waals surface area contributed by atoms with Crippen molar-refractivity contribution < 1.29 is 9.53 Å². The fourth-order valence-electron chi connectivity index (χ4n) is 0.884. The van der Waals surface area contributed by atoms with E-state index >= 15 is 0 Å². The van der Waals surface area contributed by atoms with Gasteiger partial charge in [0.15, 0.2) is 0 Å². The fourth-order valence-corrected chi connectivity index (χ4v) is 1.63. The van der Waals surface area contributed by atoms with Gasteiger partial charge in [0.05, 0.1) is 13.4 Å². The van der Waals surface area contributed by atoms with E-state index in [1.165, 1.54) is 13.4 Å². The lowest BCUT2D eigenvalue weighted by atomic mass is 10.2. The summed E-state index contributed by atoms with van der Waals surface area (Å²) >= 11 is 1.07. The fraction of sp³-hybridized carbons (Fsp3) is 0.250. The summed E-state index contributed by atoms with van der Waals surface area (Å²) in [5.41, 5.74) is 6.18. The molecule has 1 heterocycles. The molecule has 0 aromatic carbocycles. The van der Waals surface area contributed by atoms with Crippen LogP contribution in [0.3, 0.4) is 0 Å². The molecule has 0 atom stereocenters. The number of hydrogen-bond donors (Lipinski definition) is 2. The Morgan fingerprint density at radius 1 is 1.71 bits per heavy atom. The molecule has 0 spiro atoms. The second kappa shape index (κ2) is 4.61. The monoisotopic (exact) mass is 213 g/mol. The largest absolute Gasteiger partial charge is 0.504 e. The highest BCUT2D eigenvalue weighted by atomic mass is 32.1. The van der Waals surface area contributed by atoms with Crippen LogP contribution >= 0.6 is 11.5 Å². The number of ether oxygens (including phenoxy) is 1. The Morgan fingerprint density at radius 2 is 2.43 bits per heavy atom. The van der Waals surface area contributed by atoms with E-state index in [0.29, 0.717) is 16.3 Å². The molecule has 0 aliphatic rings. The van der Waals surface area contributed by atoms with E-state index in [1.807, 2.05) is 0 Å². The molecular formula is C8H11N3O2S. The summed E-state index contributed by atoms with van der Waals surface area (Å²) in [7, 11) is 3.08. The van der Waals surface area contributed by atoms with E-state index in [2.05, 4.69) is 9.69 Å². The third kappa shape index (κ3) is 2.02. The van der Waals surface area contributed by atoms with Crippen LogP contribution in [0, 0.1) is 0 Å². The lowest BCUT2D eigenvalue weighted by Crippen LogP contribution is -2.17. The van der Waals surface area contributed by atoms with Crippen molar-refractivity contribution in [2.24, 2.45) is 0 Å². The van der Waals surface area contributed by atoms with Crippen LogP contribution in [0.5, 0.6) is 0 Å². The SMILES string of the molecule is CNC(=O)c1snc(N)c1/C=C\OC. The molecule has 0 aliphatic heterocycles. The van der Waals surface area contributed by atoms with Crippen LogP contribution in [0.2, 0.25) is 0 Å². The highest BCUT2D eigenvalue weighted by Gasteiger charge is 2.14. The van der Waals surface area contributed by atoms with Gasteiger partial charge in [0.2, 0.25) is 0 Å². The van der Waals surface area contributed by atoms with E-state index in [0.717, 1.165) is 11.5 Å². The van der Waals surface area contributed by atoms with Gasteiger partial charge in [0.25, 0.3) is 5.91 Å². The minimum absolute atomic E-state index is 0.199. The van der Waals surface area contributed by atoms with Crippen LogP contribution in [0.4, 0.5) is 5.82 Å². The number of amides is 1. The number of hydrogen-bond acceptors (Lipinski definition) is 5. The van der Waals surface area contributed by atoms with Gasteiger partial charge in [0.1, 0.15) is 10.7 Å². The molecule has 0 unspecified atom stereocenters. The zero-order valence-corrected chi connectivity index (χ0v) is 8.72. The van der Waals surface area contributed by atoms with Gasteiger partial charge < -0.3 is 15.8 Å². The maximum Gasteiger partial charge on any atom is 0.263 e. The van der Waals surface area contributed by atoms with Crippen molar-refractivity contribution in [3.63, 3.8) is 0 Å². The molecule has 1 rings (SSSR count). The quantitative estimate of drug-likeness (QED) is 0.725. The number of aromatic nitrogens is 1. The van der Waals surface area contributed by atoms with Gasteiger partial charge in [-0.2, -0.15) is 4.37 Å². The van der Waals surface area contributed by atoms with E-state index < -0.39 is 0 Å². The van der Waals surface area contributed by atoms with Crippen molar-refractivity contribution in [2.75, 3.05) is 19.9 Å². The number of nitrogens with two attached hydrogens (primary N) is 1. The van der Waals surface area contributed by atoms with Gasteiger partial charge in [-0.3, -0.25) is 4.79 Å². The van der Waals surface area contributed by atoms with E-state index in [4.69, 9.17) is 10.5 Å². The van der Waals surface area contributed by atoms with E-state index in [1.54, 1.807) is 13.1 Å². The number of carbonyl (C=O) groups excluding carboxylic acids is 1. The van der Waals surface area contributed by atoms with Crippen LogP contribution < -0.4 is 11.1 Å². The first-order valence-electron chi connectivity index (χ1n) is 3.87. The molecule has 1 aromatic heterocycles. The zero-order chi connectivity index (χ0) is 10.6. The van der Waals surface area contributed by atoms with Crippen LogP contribution in [-0.2, 0) is 4.74 Å². The summed E-state index contributed by atoms with van der Waals surface area (Å²) in [5, 5.41) is 2.51. The number of nitrogen functional groups attached to an aromatic ring is 1. The summed E-state index contributed by atoms with van der Waals surface area (Å²) < 4.78 is 8.64. The minimum Gasteiger partial charge on any atom is -0.504 e. The number of methoxy groups -OCH3 is 1. The van der Waals surface area contributed by atoms with Crippen molar-refractivity contribution in [2.45, 2.75) is 0 Å². The molecule has 1 amide bonds. The molecule has 6 heteroatoms. The lowest BCUT2D eigenvalue weighted by Gasteiger charge is -1.96. The number of anilines is 1. The Hall–Kier alpha value is -1.56. The maximum atomic E-state index is 11.3. The second-order valence-electron chi connectivity index (χ2n) is 2.43. The van der Waals surface area contributed by atoms with Crippen molar-refractivity contribution >= 4 is 29.3 Å². The Bertz CT molecular complexity index is 359. The van der Waals surface area contributed by atoms with Crippen LogP contribution in [0.25, 0.3) is 6.08 Å². The molecular weight excluding hydrogens is 202 g/mol. The Kier molecular flexibility index (Phi) is 3.47. The minimum atomic E-state index is -0.199. The van der Waals surface area contributed by atoms with Crippen molar-refractivity contribution in [1.29, 1.82) is 0 Å². The van der Waals surface area contributed by atoms with Crippen molar-refractivity contribution in [3.05, 3.63) is 16.7 Å². The van der Waals surface area contributed by atoms with Crippen molar-refractivity contribution in [1.82, 2.24) is 9.69 Å². The number of nitrogens with one attached hydrogen (secondary N) is 1. The molecule has 5 nitrogen and oxygen atoms in total. The average molecular weight is 213 g/mol. The maximum absolute atomic E-state index is 11.3. The topological polar surface area (TPSA) is 77.2 Å². The number of carbonyl (C=O) groups is 1. The first kappa shape index (κ1) is 10.5. The van der Waals surface area contributed by atoms with E-state index in [9.17, 15) is 4.79 Å². The molecule has 0 bridgehead atoms. The molecule has 3 N–H and O–H groups in total. The number of nitrogens with zero attached hydrogens (tertiary/aromatic N) is 1. The van der Waals surface area contributed by atoms with Crippen molar-refractivity contribution in [3.8, 4) is 0 Å². The first-order valence-corrected chi connectivity index (χ1v) is 4.64. The van der Waals surface area contributed by atoms with Gasteiger partial charge >= 0.3 is 0 Å². The summed E-state index contributed by atoms with van der Waals surface area (Å²) in [6.07, 6.45) is 3.07. The summed E-state index contributed by atoms with van der Waals surface area (Å²) in [6.45, 7) is 0. The Balaban J connectivity index is 3.06.